The minimum absolute atomic E-state index is 0.00881. The number of aliphatic carboxylic acids is 1. The Morgan fingerprint density at radius 1 is 1.29 bits per heavy atom. The number of carboxylic acid groups (broad SMARTS) is 2. The third kappa shape index (κ3) is 2.44. The molecule has 2 fully saturated rings. The van der Waals surface area contributed by atoms with E-state index in [0.29, 0.717) is 18.5 Å². The van der Waals surface area contributed by atoms with Crippen LogP contribution in [-0.2, 0) is 14.3 Å². The van der Waals surface area contributed by atoms with Crippen molar-refractivity contribution in [3.05, 3.63) is 28.8 Å². The summed E-state index contributed by atoms with van der Waals surface area (Å²) in [4.78, 5) is 35.3. The van der Waals surface area contributed by atoms with Crippen LogP contribution in [0, 0.1) is 11.3 Å². The molecule has 2 bridgehead atoms. The lowest BCUT2D eigenvalue weighted by Gasteiger charge is -2.33. The smallest absolute Gasteiger partial charge is 0.337 e. The van der Waals surface area contributed by atoms with Crippen molar-refractivity contribution in [1.29, 1.82) is 0 Å². The lowest BCUT2D eigenvalue weighted by Crippen LogP contribution is -2.49. The second kappa shape index (κ2) is 5.75. The maximum absolute atomic E-state index is 12.6. The van der Waals surface area contributed by atoms with Gasteiger partial charge in [-0.05, 0) is 38.0 Å². The largest absolute Gasteiger partial charge is 0.481 e. The molecule has 2 aliphatic rings. The lowest BCUT2D eigenvalue weighted by molar-refractivity contribution is -0.155. The van der Waals surface area contributed by atoms with Crippen molar-refractivity contribution in [3.8, 4) is 0 Å². The van der Waals surface area contributed by atoms with Crippen LogP contribution in [0.4, 0.5) is 5.69 Å². The molecule has 1 aromatic carbocycles. The highest BCUT2D eigenvalue weighted by atomic mass is 35.5. The van der Waals surface area contributed by atoms with E-state index in [-0.39, 0.29) is 10.6 Å². The zero-order valence-electron chi connectivity index (χ0n) is 12.8. The molecule has 3 rings (SSSR count). The molecule has 0 aliphatic carbocycles. The molecule has 4 atom stereocenters. The van der Waals surface area contributed by atoms with Crippen molar-refractivity contribution in [3.63, 3.8) is 0 Å². The standard InChI is InChI=1S/C16H16ClNO6/c1-16(15(22)23)11-5-4-10(24-11)12(16)13(19)18-7-2-3-8(14(20)21)9(17)6-7/h2-3,6,10-12H,4-5H2,1H3,(H,18,19)(H,20,21)(H,22,23)/t10-,11+,12?,16-/m1/s1. The first kappa shape index (κ1) is 16.7. The first-order chi connectivity index (χ1) is 11.2. The molecule has 1 amide bonds. The second-order valence-electron chi connectivity index (χ2n) is 6.30. The number of nitrogens with one attached hydrogen (secondary N) is 1. The molecule has 8 heteroatoms. The fraction of sp³-hybridized carbons (Fsp3) is 0.438. The number of benzene rings is 1. The molecule has 7 nitrogen and oxygen atoms in total. The Hall–Kier alpha value is -2.12. The first-order valence-electron chi connectivity index (χ1n) is 7.47. The summed E-state index contributed by atoms with van der Waals surface area (Å²) in [6.45, 7) is 1.53. The fourth-order valence-electron chi connectivity index (χ4n) is 3.63. The second-order valence-corrected chi connectivity index (χ2v) is 6.70. The molecule has 1 aromatic rings. The number of fused-ring (bicyclic) bond motifs is 2. The summed E-state index contributed by atoms with van der Waals surface area (Å²) in [5, 5.41) is 21.2. The molecule has 2 saturated heterocycles. The number of halogens is 1. The minimum Gasteiger partial charge on any atom is -0.481 e. The zero-order valence-corrected chi connectivity index (χ0v) is 13.5. The number of anilines is 1. The minimum atomic E-state index is -1.28. The van der Waals surface area contributed by atoms with Crippen LogP contribution in [0.25, 0.3) is 0 Å². The van der Waals surface area contributed by atoms with Gasteiger partial charge in [0.05, 0.1) is 28.7 Å². The highest BCUT2D eigenvalue weighted by molar-refractivity contribution is 6.33. The normalized spacial score (nSPS) is 31.0. The summed E-state index contributed by atoms with van der Waals surface area (Å²) in [7, 11) is 0. The third-order valence-corrected chi connectivity index (χ3v) is 5.26. The van der Waals surface area contributed by atoms with E-state index in [1.165, 1.54) is 25.1 Å². The maximum atomic E-state index is 12.6. The van der Waals surface area contributed by atoms with Gasteiger partial charge in [0.25, 0.3) is 0 Å². The lowest BCUT2D eigenvalue weighted by atomic mass is 9.67. The van der Waals surface area contributed by atoms with Gasteiger partial charge in [-0.15, -0.1) is 0 Å². The van der Waals surface area contributed by atoms with Gasteiger partial charge in [0.15, 0.2) is 0 Å². The van der Waals surface area contributed by atoms with Crippen molar-refractivity contribution < 1.29 is 29.3 Å². The van der Waals surface area contributed by atoms with Crippen molar-refractivity contribution in [2.45, 2.75) is 32.0 Å². The van der Waals surface area contributed by atoms with Crippen molar-refractivity contribution >= 4 is 35.1 Å². The highest BCUT2D eigenvalue weighted by Gasteiger charge is 2.64. The van der Waals surface area contributed by atoms with Crippen LogP contribution in [0.1, 0.15) is 30.1 Å². The average molecular weight is 354 g/mol. The SMILES string of the molecule is C[C@]1(C(=O)O)C(C(=O)Nc2ccc(C(=O)O)c(Cl)c2)[C@H]2CC[C@@H]1O2. The van der Waals surface area contributed by atoms with Crippen LogP contribution >= 0.6 is 11.6 Å². The summed E-state index contributed by atoms with van der Waals surface area (Å²) < 4.78 is 5.65. The Balaban J connectivity index is 1.83. The number of ether oxygens (including phenoxy) is 1. The van der Waals surface area contributed by atoms with Gasteiger partial charge in [-0.3, -0.25) is 9.59 Å². The molecule has 2 aliphatic heterocycles. The van der Waals surface area contributed by atoms with E-state index in [0.717, 1.165) is 0 Å². The molecular weight excluding hydrogens is 338 g/mol. The molecule has 1 unspecified atom stereocenters. The van der Waals surface area contributed by atoms with E-state index in [9.17, 15) is 19.5 Å². The Labute approximate surface area is 142 Å². The van der Waals surface area contributed by atoms with Gasteiger partial charge in [0.1, 0.15) is 5.41 Å². The molecule has 0 spiro atoms. The van der Waals surface area contributed by atoms with Gasteiger partial charge < -0.3 is 20.3 Å². The van der Waals surface area contributed by atoms with Crippen LogP contribution in [0.3, 0.4) is 0 Å². The van der Waals surface area contributed by atoms with E-state index >= 15 is 0 Å². The number of carboxylic acids is 2. The van der Waals surface area contributed by atoms with E-state index < -0.39 is 41.4 Å². The molecule has 0 aromatic heterocycles. The van der Waals surface area contributed by atoms with Crippen LogP contribution in [-0.4, -0.2) is 40.3 Å². The van der Waals surface area contributed by atoms with E-state index in [4.69, 9.17) is 21.4 Å². The highest BCUT2D eigenvalue weighted by Crippen LogP contribution is 2.52. The van der Waals surface area contributed by atoms with E-state index in [1.54, 1.807) is 0 Å². The summed E-state index contributed by atoms with van der Waals surface area (Å²) in [6.07, 6.45) is 0.361. The zero-order chi connectivity index (χ0) is 17.6. The van der Waals surface area contributed by atoms with Gasteiger partial charge in [0.2, 0.25) is 5.91 Å². The Bertz CT molecular complexity index is 735. The molecule has 24 heavy (non-hydrogen) atoms. The average Bonchev–Trinajstić information content (AvgIpc) is 3.06. The third-order valence-electron chi connectivity index (χ3n) is 4.95. The number of carbonyl (C=O) groups is 3. The Morgan fingerprint density at radius 2 is 2.00 bits per heavy atom. The number of hydrogen-bond acceptors (Lipinski definition) is 4. The Kier molecular flexibility index (Phi) is 4.01. The van der Waals surface area contributed by atoms with Crippen LogP contribution in [0.15, 0.2) is 18.2 Å². The van der Waals surface area contributed by atoms with Crippen LogP contribution < -0.4 is 5.32 Å². The maximum Gasteiger partial charge on any atom is 0.337 e. The predicted octanol–water partition coefficient (Wildman–Crippen LogP) is 2.25. The number of amides is 1. The fourth-order valence-corrected chi connectivity index (χ4v) is 3.90. The molecular formula is C16H16ClNO6. The number of carbonyl (C=O) groups excluding carboxylic acids is 1. The Morgan fingerprint density at radius 3 is 2.58 bits per heavy atom. The van der Waals surface area contributed by atoms with Crippen molar-refractivity contribution in [1.82, 2.24) is 0 Å². The molecule has 0 saturated carbocycles. The summed E-state index contributed by atoms with van der Waals surface area (Å²) in [5.74, 6) is -3.51. The van der Waals surface area contributed by atoms with Crippen LogP contribution in [0.2, 0.25) is 5.02 Å². The predicted molar refractivity (Wildman–Crippen MR) is 84.2 cm³/mol. The van der Waals surface area contributed by atoms with Gasteiger partial charge in [-0.2, -0.15) is 0 Å². The quantitative estimate of drug-likeness (QED) is 0.765. The number of rotatable bonds is 4. The summed E-state index contributed by atoms with van der Waals surface area (Å²) in [6, 6.07) is 4.03. The van der Waals surface area contributed by atoms with Gasteiger partial charge in [0, 0.05) is 5.69 Å². The topological polar surface area (TPSA) is 113 Å². The van der Waals surface area contributed by atoms with Gasteiger partial charge in [-0.25, -0.2) is 4.79 Å². The monoisotopic (exact) mass is 353 g/mol. The molecule has 0 radical (unpaired) electrons. The summed E-state index contributed by atoms with van der Waals surface area (Å²) in [5.41, 5.74) is -1.04. The first-order valence-corrected chi connectivity index (χ1v) is 7.85. The van der Waals surface area contributed by atoms with E-state index in [1.807, 2.05) is 0 Å². The molecule has 128 valence electrons. The number of hydrogen-bond donors (Lipinski definition) is 3. The van der Waals surface area contributed by atoms with Gasteiger partial charge in [-0.1, -0.05) is 11.6 Å². The molecule has 2 heterocycles. The molecule has 3 N–H and O–H groups in total. The van der Waals surface area contributed by atoms with Crippen molar-refractivity contribution in [2.75, 3.05) is 5.32 Å². The van der Waals surface area contributed by atoms with E-state index in [2.05, 4.69) is 5.32 Å². The number of aromatic carboxylic acids is 1. The van der Waals surface area contributed by atoms with Crippen LogP contribution in [0.5, 0.6) is 0 Å². The van der Waals surface area contributed by atoms with Gasteiger partial charge >= 0.3 is 11.9 Å². The van der Waals surface area contributed by atoms with Crippen molar-refractivity contribution in [2.24, 2.45) is 11.3 Å². The summed E-state index contributed by atoms with van der Waals surface area (Å²) >= 11 is 5.89.